The molecule has 1 aliphatic carbocycles. The second-order valence-electron chi connectivity index (χ2n) is 12.3. The summed E-state index contributed by atoms with van der Waals surface area (Å²) >= 11 is 0. The minimum absolute atomic E-state index is 0.000575. The predicted octanol–water partition coefficient (Wildman–Crippen LogP) is 5.84. The first-order valence-corrected chi connectivity index (χ1v) is 13.3. The Morgan fingerprint density at radius 3 is 2.28 bits per heavy atom. The van der Waals surface area contributed by atoms with Crippen molar-refractivity contribution in [1.82, 2.24) is 9.55 Å². The molecule has 1 aromatic carbocycles. The van der Waals surface area contributed by atoms with E-state index in [9.17, 15) is 14.4 Å². The minimum atomic E-state index is -1.00. The summed E-state index contributed by atoms with van der Waals surface area (Å²) in [5.41, 5.74) is 0.419. The number of aromatic nitrogens is 2. The number of esters is 1. The molecule has 0 radical (unpaired) electrons. The van der Waals surface area contributed by atoms with Gasteiger partial charge in [-0.15, -0.1) is 0 Å². The average molecular weight is 538 g/mol. The van der Waals surface area contributed by atoms with Gasteiger partial charge in [-0.3, -0.25) is 14.5 Å². The van der Waals surface area contributed by atoms with Crippen molar-refractivity contribution in [2.75, 3.05) is 12.0 Å². The maximum atomic E-state index is 14.1. The zero-order chi connectivity index (χ0) is 28.9. The summed E-state index contributed by atoms with van der Waals surface area (Å²) in [4.78, 5) is 47.7. The number of allylic oxidation sites excluding steroid dienone is 1. The first-order valence-electron chi connectivity index (χ1n) is 13.3. The van der Waals surface area contributed by atoms with Crippen LogP contribution < -0.4 is 9.64 Å². The molecule has 0 spiro atoms. The highest BCUT2D eigenvalue weighted by atomic mass is 16.6. The van der Waals surface area contributed by atoms with E-state index in [1.165, 1.54) is 4.90 Å². The Balaban J connectivity index is 1.90. The Hall–Kier alpha value is -3.62. The van der Waals surface area contributed by atoms with Crippen LogP contribution in [0, 0.1) is 11.8 Å². The van der Waals surface area contributed by atoms with Crippen LogP contribution in [-0.2, 0) is 14.3 Å². The summed E-state index contributed by atoms with van der Waals surface area (Å²) < 4.78 is 19.2. The molecule has 3 atom stereocenters. The predicted molar refractivity (Wildman–Crippen MR) is 148 cm³/mol. The summed E-state index contributed by atoms with van der Waals surface area (Å²) in [7, 11) is 1.56. The largest absolute Gasteiger partial charge is 0.496 e. The molecule has 0 saturated heterocycles. The molecule has 2 aromatic rings. The summed E-state index contributed by atoms with van der Waals surface area (Å²) in [6, 6.07) is 4.58. The van der Waals surface area contributed by atoms with E-state index in [0.29, 0.717) is 17.0 Å². The zero-order valence-corrected chi connectivity index (χ0v) is 24.3. The second-order valence-corrected chi connectivity index (χ2v) is 12.3. The molecule has 39 heavy (non-hydrogen) atoms. The molecule has 0 fully saturated rings. The lowest BCUT2D eigenvalue weighted by Crippen LogP contribution is -2.52. The number of methoxy groups -OCH3 is 1. The summed E-state index contributed by atoms with van der Waals surface area (Å²) in [6.45, 7) is 14.6. The number of amides is 1. The van der Waals surface area contributed by atoms with E-state index in [1.807, 2.05) is 26.0 Å². The third kappa shape index (κ3) is 5.44. The number of hydrogen-bond donors (Lipinski definition) is 0. The van der Waals surface area contributed by atoms with Crippen molar-refractivity contribution in [3.63, 3.8) is 0 Å². The molecule has 2 aliphatic rings. The van der Waals surface area contributed by atoms with Gasteiger partial charge in [0.2, 0.25) is 5.78 Å². The van der Waals surface area contributed by atoms with Crippen LogP contribution in [0.3, 0.4) is 0 Å². The topological polar surface area (TPSA) is 100.0 Å². The molecule has 0 unspecified atom stereocenters. The number of carbonyl (C=O) groups is 3. The normalized spacial score (nSPS) is 20.7. The van der Waals surface area contributed by atoms with E-state index in [4.69, 9.17) is 14.2 Å². The maximum absolute atomic E-state index is 14.1. The van der Waals surface area contributed by atoms with Gasteiger partial charge in [0.25, 0.3) is 0 Å². The molecule has 2 heterocycles. The van der Waals surface area contributed by atoms with E-state index in [2.05, 4.69) is 4.98 Å². The number of imidazole rings is 1. The van der Waals surface area contributed by atoms with E-state index < -0.39 is 41.1 Å². The van der Waals surface area contributed by atoms with E-state index in [1.54, 1.807) is 77.7 Å². The number of anilines is 1. The monoisotopic (exact) mass is 537 g/mol. The molecule has 9 nitrogen and oxygen atoms in total. The van der Waals surface area contributed by atoms with Crippen LogP contribution in [-0.4, -0.2) is 51.8 Å². The highest BCUT2D eigenvalue weighted by molar-refractivity contribution is 6.07. The summed E-state index contributed by atoms with van der Waals surface area (Å²) in [5.74, 6) is -1.79. The number of hydrogen-bond acceptors (Lipinski definition) is 7. The summed E-state index contributed by atoms with van der Waals surface area (Å²) in [5, 5.41) is 0. The third-order valence-electron chi connectivity index (χ3n) is 6.79. The van der Waals surface area contributed by atoms with Gasteiger partial charge in [0.15, 0.2) is 5.82 Å². The Morgan fingerprint density at radius 2 is 1.69 bits per heavy atom. The highest BCUT2D eigenvalue weighted by Gasteiger charge is 2.54. The molecule has 0 N–H and O–H groups in total. The van der Waals surface area contributed by atoms with Gasteiger partial charge in [-0.05, 0) is 79.5 Å². The van der Waals surface area contributed by atoms with Crippen LogP contribution in [0.5, 0.6) is 5.75 Å². The van der Waals surface area contributed by atoms with Gasteiger partial charge in [0, 0.05) is 29.9 Å². The third-order valence-corrected chi connectivity index (χ3v) is 6.79. The number of carbonyl (C=O) groups excluding carboxylic acids is 3. The number of nitrogens with zero attached hydrogens (tertiary/aromatic N) is 3. The Labute approximate surface area is 230 Å². The molecule has 4 rings (SSSR count). The van der Waals surface area contributed by atoms with Crippen molar-refractivity contribution in [2.45, 2.75) is 85.1 Å². The molecule has 9 heteroatoms. The first-order chi connectivity index (χ1) is 18.1. The van der Waals surface area contributed by atoms with E-state index in [-0.39, 0.29) is 24.1 Å². The van der Waals surface area contributed by atoms with Crippen LogP contribution in [0.25, 0.3) is 5.57 Å². The van der Waals surface area contributed by atoms with Gasteiger partial charge in [-0.2, -0.15) is 0 Å². The Kier molecular flexibility index (Phi) is 7.40. The number of rotatable bonds is 5. The van der Waals surface area contributed by atoms with Crippen LogP contribution >= 0.6 is 0 Å². The average Bonchev–Trinajstić information content (AvgIpc) is 3.43. The van der Waals surface area contributed by atoms with Gasteiger partial charge in [-0.1, -0.05) is 12.1 Å². The van der Waals surface area contributed by atoms with Gasteiger partial charge in [0.05, 0.1) is 24.8 Å². The van der Waals surface area contributed by atoms with Crippen LogP contribution in [0.1, 0.15) is 84.0 Å². The molecule has 0 bridgehead atoms. The lowest BCUT2D eigenvalue weighted by atomic mass is 9.73. The number of ether oxygens (including phenoxy) is 3. The van der Waals surface area contributed by atoms with Crippen LogP contribution in [0.4, 0.5) is 10.5 Å². The highest BCUT2D eigenvalue weighted by Crippen LogP contribution is 2.52. The van der Waals surface area contributed by atoms with Gasteiger partial charge in [-0.25, -0.2) is 9.78 Å². The molecule has 1 amide bonds. The van der Waals surface area contributed by atoms with Gasteiger partial charge >= 0.3 is 12.1 Å². The molecule has 0 saturated carbocycles. The van der Waals surface area contributed by atoms with Crippen molar-refractivity contribution in [1.29, 1.82) is 0 Å². The molecular weight excluding hydrogens is 498 g/mol. The standard InChI is InChI=1S/C30H39N3O6/c1-17(2)32-16-15-31-26(32)25(34)19-14-13-18-22-20(11-10-12-21(22)37-9)33(28(36)39-30(6,7)8)24(18)23(19)27(35)38-29(3,4)5/h10-13,15-17,19,23-24H,14H2,1-9H3/t19-,23+,24-/m1/s1. The maximum Gasteiger partial charge on any atom is 0.415 e. The van der Waals surface area contributed by atoms with Crippen molar-refractivity contribution >= 4 is 29.1 Å². The summed E-state index contributed by atoms with van der Waals surface area (Å²) in [6.07, 6.45) is 4.94. The van der Waals surface area contributed by atoms with Crippen LogP contribution in [0.15, 0.2) is 36.7 Å². The minimum Gasteiger partial charge on any atom is -0.496 e. The molecule has 210 valence electrons. The van der Waals surface area contributed by atoms with Crippen molar-refractivity contribution in [3.05, 3.63) is 48.1 Å². The lowest BCUT2D eigenvalue weighted by Gasteiger charge is -2.39. The number of fused-ring (bicyclic) bond motifs is 3. The van der Waals surface area contributed by atoms with Gasteiger partial charge < -0.3 is 18.8 Å². The Morgan fingerprint density at radius 1 is 1.03 bits per heavy atom. The molecule has 1 aromatic heterocycles. The SMILES string of the molecule is COc1cccc2c1C1=CC[C@@H](C(=O)c3nccn3C(C)C)[C@H](C(=O)OC(C)(C)C)[C@@H]1N2C(=O)OC(C)(C)C. The zero-order valence-electron chi connectivity index (χ0n) is 24.3. The molecule has 1 aliphatic heterocycles. The van der Waals surface area contributed by atoms with Crippen molar-refractivity contribution in [2.24, 2.45) is 11.8 Å². The fraction of sp³-hybridized carbons (Fsp3) is 0.533. The number of Topliss-reactive ketones (excluding diaryl/α,β-unsaturated/α-hetero) is 1. The quantitative estimate of drug-likeness (QED) is 0.349. The Bertz CT molecular complexity index is 1310. The van der Waals surface area contributed by atoms with Crippen molar-refractivity contribution < 1.29 is 28.6 Å². The number of benzene rings is 1. The van der Waals surface area contributed by atoms with E-state index in [0.717, 1.165) is 5.57 Å². The van der Waals surface area contributed by atoms with Crippen molar-refractivity contribution in [3.8, 4) is 5.75 Å². The lowest BCUT2D eigenvalue weighted by molar-refractivity contribution is -0.161. The first kappa shape index (κ1) is 28.4. The van der Waals surface area contributed by atoms with Gasteiger partial charge in [0.1, 0.15) is 17.0 Å². The number of ketones is 1. The smallest absolute Gasteiger partial charge is 0.415 e. The van der Waals surface area contributed by atoms with Crippen LogP contribution in [0.2, 0.25) is 0 Å². The molecular formula is C30H39N3O6. The fourth-order valence-electron chi connectivity index (χ4n) is 5.36. The van der Waals surface area contributed by atoms with E-state index >= 15 is 0 Å². The second kappa shape index (κ2) is 10.2. The fourth-order valence-corrected chi connectivity index (χ4v) is 5.36.